The first kappa shape index (κ1) is 33.2. The average molecular weight is 652 g/mol. The molecule has 1 fully saturated rings. The van der Waals surface area contributed by atoms with E-state index in [9.17, 15) is 13.2 Å². The molecule has 0 aliphatic carbocycles. The van der Waals surface area contributed by atoms with Gasteiger partial charge in [0.05, 0.1) is 22.9 Å². The monoisotopic (exact) mass is 651 g/mol. The zero-order valence-electron chi connectivity index (χ0n) is 26.3. The molecule has 4 heterocycles. The van der Waals surface area contributed by atoms with Gasteiger partial charge in [0.2, 0.25) is 0 Å². The van der Waals surface area contributed by atoms with Crippen LogP contribution in [0.1, 0.15) is 86.3 Å². The van der Waals surface area contributed by atoms with Crippen LogP contribution in [0.4, 0.5) is 5.82 Å². The zero-order chi connectivity index (χ0) is 31.8. The number of nitrogens with one attached hydrogen (secondary N) is 2. The number of aromatic nitrogens is 3. The van der Waals surface area contributed by atoms with Crippen molar-refractivity contribution in [3.63, 3.8) is 0 Å². The van der Waals surface area contributed by atoms with Crippen molar-refractivity contribution in [2.75, 3.05) is 30.5 Å². The maximum Gasteiger partial charge on any atom is 0.255 e. The van der Waals surface area contributed by atoms with E-state index in [-0.39, 0.29) is 35.6 Å². The largest absolute Gasteiger partial charge is 0.396 e. The molecule has 1 atom stereocenters. The van der Waals surface area contributed by atoms with Crippen molar-refractivity contribution in [1.29, 1.82) is 0 Å². The van der Waals surface area contributed by atoms with Gasteiger partial charge in [-0.05, 0) is 74.9 Å². The minimum Gasteiger partial charge on any atom is -0.396 e. The van der Waals surface area contributed by atoms with E-state index in [1.807, 2.05) is 13.1 Å². The number of sulfone groups is 1. The number of anilines is 1. The number of aliphatic hydroxyl groups excluding tert-OH is 1. The summed E-state index contributed by atoms with van der Waals surface area (Å²) in [6.07, 6.45) is 8.19. The number of pyridine rings is 1. The van der Waals surface area contributed by atoms with Gasteiger partial charge in [-0.1, -0.05) is 49.9 Å². The maximum atomic E-state index is 13.9. The minimum absolute atomic E-state index is 0.0408. The van der Waals surface area contributed by atoms with Crippen molar-refractivity contribution < 1.29 is 13.5 Å². The lowest BCUT2D eigenvalue weighted by molar-refractivity contribution is 0.282. The van der Waals surface area contributed by atoms with Crippen LogP contribution < -0.4 is 16.2 Å². The lowest BCUT2D eigenvalue weighted by Crippen LogP contribution is -2.30. The quantitative estimate of drug-likeness (QED) is 0.133. The molecule has 45 heavy (non-hydrogen) atoms. The SMILES string of the molecule is CNCc1ccccc1-c1ccc([C@@H](C)Nc2ncnc3c2cc(C2CCS(=O)(=O)CC2)c(=O)n3CCCCCCCCO)s1. The first-order valence-corrected chi connectivity index (χ1v) is 18.7. The van der Waals surface area contributed by atoms with Crippen molar-refractivity contribution in [3.8, 4) is 10.4 Å². The van der Waals surface area contributed by atoms with Gasteiger partial charge in [0.15, 0.2) is 0 Å². The van der Waals surface area contributed by atoms with Gasteiger partial charge in [0.1, 0.15) is 27.6 Å². The molecule has 9 nitrogen and oxygen atoms in total. The summed E-state index contributed by atoms with van der Waals surface area (Å²) < 4.78 is 26.1. The second-order valence-electron chi connectivity index (χ2n) is 12.0. The van der Waals surface area contributed by atoms with Gasteiger partial charge in [-0.3, -0.25) is 9.36 Å². The third kappa shape index (κ3) is 8.19. The molecular weight excluding hydrogens is 607 g/mol. The first-order chi connectivity index (χ1) is 21.8. The van der Waals surface area contributed by atoms with E-state index in [1.54, 1.807) is 15.9 Å². The van der Waals surface area contributed by atoms with Crippen LogP contribution in [0.15, 0.2) is 53.6 Å². The highest BCUT2D eigenvalue weighted by molar-refractivity contribution is 7.91. The molecule has 0 unspecified atom stereocenters. The van der Waals surface area contributed by atoms with Gasteiger partial charge in [0, 0.05) is 35.0 Å². The Labute approximate surface area is 270 Å². The number of aliphatic hydroxyl groups is 1. The van der Waals surface area contributed by atoms with Gasteiger partial charge >= 0.3 is 0 Å². The fourth-order valence-electron chi connectivity index (χ4n) is 6.22. The lowest BCUT2D eigenvalue weighted by atomic mass is 9.93. The molecule has 0 spiro atoms. The number of benzene rings is 1. The van der Waals surface area contributed by atoms with Crippen molar-refractivity contribution in [2.24, 2.45) is 0 Å². The molecule has 3 aromatic heterocycles. The van der Waals surface area contributed by atoms with E-state index in [0.717, 1.165) is 50.5 Å². The number of rotatable bonds is 15. The maximum absolute atomic E-state index is 13.9. The molecule has 242 valence electrons. The summed E-state index contributed by atoms with van der Waals surface area (Å²) in [5, 5.41) is 16.7. The molecule has 1 aromatic carbocycles. The molecule has 3 N–H and O–H groups in total. The molecule has 0 radical (unpaired) electrons. The number of fused-ring (bicyclic) bond motifs is 1. The summed E-state index contributed by atoms with van der Waals surface area (Å²) in [6, 6.07) is 14.6. The van der Waals surface area contributed by atoms with Gasteiger partial charge in [-0.2, -0.15) is 0 Å². The zero-order valence-corrected chi connectivity index (χ0v) is 27.9. The van der Waals surface area contributed by atoms with Crippen molar-refractivity contribution in [2.45, 2.75) is 83.3 Å². The molecular formula is C34H45N5O4S2. The van der Waals surface area contributed by atoms with Crippen LogP contribution in [0.5, 0.6) is 0 Å². The summed E-state index contributed by atoms with van der Waals surface area (Å²) in [7, 11) is -1.10. The fourth-order valence-corrected chi connectivity index (χ4v) is 8.78. The summed E-state index contributed by atoms with van der Waals surface area (Å²) in [5.41, 5.74) is 3.66. The molecule has 1 aliphatic heterocycles. The Morgan fingerprint density at radius 2 is 1.76 bits per heavy atom. The number of thiophene rings is 1. The second-order valence-corrected chi connectivity index (χ2v) is 15.5. The van der Waals surface area contributed by atoms with Gasteiger partial charge < -0.3 is 15.7 Å². The third-order valence-electron chi connectivity index (χ3n) is 8.75. The number of hydrogen-bond donors (Lipinski definition) is 3. The number of hydrogen-bond acceptors (Lipinski definition) is 9. The molecule has 4 aromatic rings. The van der Waals surface area contributed by atoms with Crippen LogP contribution >= 0.6 is 11.3 Å². The van der Waals surface area contributed by atoms with Crippen LogP contribution in [0.25, 0.3) is 21.5 Å². The standard InChI is InChI=1S/C34H45N5O4S2/c1-24(30-13-14-31(44-30)27-12-8-7-11-26(27)22-35-2)38-32-29-21-28(25-15-19-45(42,43)20-16-25)34(41)39(33(29)37-23-36-32)17-9-5-3-4-6-10-18-40/h7-8,11-14,21,23-25,35,40H,3-6,9-10,15-20,22H2,1-2H3,(H,36,37,38)/t24-/m1/s1. The smallest absolute Gasteiger partial charge is 0.255 e. The highest BCUT2D eigenvalue weighted by Crippen LogP contribution is 2.36. The Bertz CT molecular complexity index is 1740. The van der Waals surface area contributed by atoms with Crippen LogP contribution in [-0.4, -0.2) is 53.2 Å². The number of aryl methyl sites for hydroxylation is 1. The van der Waals surface area contributed by atoms with Crippen LogP contribution in [0.2, 0.25) is 0 Å². The third-order valence-corrected chi connectivity index (χ3v) is 11.8. The highest BCUT2D eigenvalue weighted by Gasteiger charge is 2.28. The predicted molar refractivity (Wildman–Crippen MR) is 184 cm³/mol. The average Bonchev–Trinajstić information content (AvgIpc) is 3.53. The Morgan fingerprint density at radius 1 is 1.02 bits per heavy atom. The predicted octanol–water partition coefficient (Wildman–Crippen LogP) is 6.04. The number of nitrogens with zero attached hydrogens (tertiary/aromatic N) is 3. The summed E-state index contributed by atoms with van der Waals surface area (Å²) in [4.78, 5) is 25.5. The van der Waals surface area contributed by atoms with Crippen LogP contribution in [0, 0.1) is 0 Å². The van der Waals surface area contributed by atoms with Gasteiger partial charge in [-0.25, -0.2) is 18.4 Å². The van der Waals surface area contributed by atoms with Crippen molar-refractivity contribution in [3.05, 3.63) is 75.1 Å². The van der Waals surface area contributed by atoms with E-state index in [1.165, 1.54) is 27.2 Å². The Hall–Kier alpha value is -3.12. The molecule has 1 aliphatic rings. The Balaban J connectivity index is 1.43. The Kier molecular flexibility index (Phi) is 11.4. The topological polar surface area (TPSA) is 126 Å². The molecule has 0 amide bonds. The molecule has 1 saturated heterocycles. The van der Waals surface area contributed by atoms with Crippen molar-refractivity contribution in [1.82, 2.24) is 19.9 Å². The fraction of sp³-hybridized carbons (Fsp3) is 0.500. The summed E-state index contributed by atoms with van der Waals surface area (Å²) in [6.45, 7) is 3.68. The van der Waals surface area contributed by atoms with Gasteiger partial charge in [0.25, 0.3) is 5.56 Å². The normalized spacial score (nSPS) is 15.8. The van der Waals surface area contributed by atoms with E-state index in [2.05, 4.69) is 63.9 Å². The van der Waals surface area contributed by atoms with Gasteiger partial charge in [-0.15, -0.1) is 11.3 Å². The van der Waals surface area contributed by atoms with Crippen LogP contribution in [-0.2, 0) is 22.9 Å². The molecule has 0 bridgehead atoms. The van der Waals surface area contributed by atoms with E-state index >= 15 is 0 Å². The molecule has 5 rings (SSSR count). The highest BCUT2D eigenvalue weighted by atomic mass is 32.2. The molecule has 11 heteroatoms. The minimum atomic E-state index is -3.06. The Morgan fingerprint density at radius 3 is 2.51 bits per heavy atom. The van der Waals surface area contributed by atoms with E-state index in [0.29, 0.717) is 36.4 Å². The first-order valence-electron chi connectivity index (χ1n) is 16.1. The van der Waals surface area contributed by atoms with Crippen LogP contribution in [0.3, 0.4) is 0 Å². The van der Waals surface area contributed by atoms with E-state index in [4.69, 9.17) is 5.11 Å². The molecule has 0 saturated carbocycles. The number of unbranched alkanes of at least 4 members (excludes halogenated alkanes) is 5. The second kappa shape index (κ2) is 15.4. The van der Waals surface area contributed by atoms with Crippen molar-refractivity contribution >= 4 is 38.0 Å². The summed E-state index contributed by atoms with van der Waals surface area (Å²) >= 11 is 1.75. The van der Waals surface area contributed by atoms with E-state index < -0.39 is 9.84 Å². The lowest BCUT2D eigenvalue weighted by Gasteiger charge is -2.24. The summed E-state index contributed by atoms with van der Waals surface area (Å²) in [5.74, 6) is 0.766.